The molecule has 1 fully saturated rings. The number of carbonyl (C=O) groups is 1. The van der Waals surface area contributed by atoms with Gasteiger partial charge in [0.25, 0.3) is 5.91 Å². The van der Waals surface area contributed by atoms with E-state index in [4.69, 9.17) is 16.3 Å². The third-order valence-corrected chi connectivity index (χ3v) is 4.25. The fourth-order valence-electron chi connectivity index (χ4n) is 2.56. The molecule has 2 atom stereocenters. The summed E-state index contributed by atoms with van der Waals surface area (Å²) in [6, 6.07) is 3.47. The Morgan fingerprint density at radius 2 is 2.18 bits per heavy atom. The molecule has 22 heavy (non-hydrogen) atoms. The fourth-order valence-corrected chi connectivity index (χ4v) is 2.86. The lowest BCUT2D eigenvalue weighted by Crippen LogP contribution is -2.37. The lowest BCUT2D eigenvalue weighted by atomic mass is 10.0. The van der Waals surface area contributed by atoms with Crippen LogP contribution in [-0.4, -0.2) is 33.7 Å². The normalized spacial score (nSPS) is 21.0. The van der Waals surface area contributed by atoms with Crippen molar-refractivity contribution in [2.24, 2.45) is 0 Å². The summed E-state index contributed by atoms with van der Waals surface area (Å²) in [6.45, 7) is 4.49. The summed E-state index contributed by atoms with van der Waals surface area (Å²) < 4.78 is 5.64. The molecule has 1 aliphatic heterocycles. The van der Waals surface area contributed by atoms with Crippen LogP contribution in [0.5, 0.6) is 0 Å². The molecule has 0 spiro atoms. The number of amides is 1. The number of hydrogen-bond acceptors (Lipinski definition) is 4. The number of ether oxygens (including phenoxy) is 1. The molecular formula is C15H17ClN4O2. The molecule has 1 aromatic carbocycles. The highest BCUT2D eigenvalue weighted by molar-refractivity contribution is 6.34. The van der Waals surface area contributed by atoms with Crippen molar-refractivity contribution in [2.75, 3.05) is 6.61 Å². The molecule has 1 saturated heterocycles. The number of aryl methyl sites for hydroxylation is 2. The van der Waals surface area contributed by atoms with E-state index in [9.17, 15) is 4.79 Å². The Kier molecular flexibility index (Phi) is 4.13. The second-order valence-corrected chi connectivity index (χ2v) is 5.85. The van der Waals surface area contributed by atoms with Crippen molar-refractivity contribution in [1.29, 1.82) is 0 Å². The van der Waals surface area contributed by atoms with E-state index in [1.54, 1.807) is 0 Å². The van der Waals surface area contributed by atoms with Gasteiger partial charge in [-0.1, -0.05) is 11.6 Å². The van der Waals surface area contributed by atoms with Crippen molar-refractivity contribution in [3.05, 3.63) is 46.0 Å². The lowest BCUT2D eigenvalue weighted by molar-refractivity contribution is 0.0792. The van der Waals surface area contributed by atoms with Gasteiger partial charge in [-0.15, -0.1) is 0 Å². The van der Waals surface area contributed by atoms with Crippen LogP contribution in [0.3, 0.4) is 0 Å². The first kappa shape index (κ1) is 15.0. The van der Waals surface area contributed by atoms with Crippen molar-refractivity contribution >= 4 is 17.5 Å². The van der Waals surface area contributed by atoms with Crippen molar-refractivity contribution in [2.45, 2.75) is 32.4 Å². The summed E-state index contributed by atoms with van der Waals surface area (Å²) in [5.41, 5.74) is 2.57. The number of aromatic amines is 1. The second kappa shape index (κ2) is 6.06. The Balaban J connectivity index is 1.78. The first-order valence-electron chi connectivity index (χ1n) is 7.10. The molecule has 0 radical (unpaired) electrons. The van der Waals surface area contributed by atoms with Crippen molar-refractivity contribution in [3.63, 3.8) is 0 Å². The summed E-state index contributed by atoms with van der Waals surface area (Å²) in [7, 11) is 0. The highest BCUT2D eigenvalue weighted by Crippen LogP contribution is 2.27. The van der Waals surface area contributed by atoms with Crippen LogP contribution in [0.2, 0.25) is 5.02 Å². The molecule has 2 heterocycles. The summed E-state index contributed by atoms with van der Waals surface area (Å²) in [5, 5.41) is 10.0. The van der Waals surface area contributed by atoms with Crippen LogP contribution in [0.1, 0.15) is 39.8 Å². The molecule has 116 valence electrons. The second-order valence-electron chi connectivity index (χ2n) is 5.45. The number of aromatic nitrogens is 3. The first-order chi connectivity index (χ1) is 10.6. The molecule has 1 amide bonds. The van der Waals surface area contributed by atoms with E-state index in [1.165, 1.54) is 6.33 Å². The highest BCUT2D eigenvalue weighted by Gasteiger charge is 2.33. The molecule has 3 rings (SSSR count). The van der Waals surface area contributed by atoms with E-state index >= 15 is 0 Å². The van der Waals surface area contributed by atoms with E-state index in [0.29, 0.717) is 23.0 Å². The van der Waals surface area contributed by atoms with Gasteiger partial charge in [-0.3, -0.25) is 9.89 Å². The van der Waals surface area contributed by atoms with E-state index in [1.807, 2.05) is 26.0 Å². The van der Waals surface area contributed by atoms with E-state index < -0.39 is 0 Å². The zero-order valence-electron chi connectivity index (χ0n) is 12.4. The molecule has 2 aromatic rings. The van der Waals surface area contributed by atoms with Crippen LogP contribution in [-0.2, 0) is 4.74 Å². The standard InChI is InChI=1S/C15H17ClN4O2/c1-8-5-10(11(16)6-9(8)2)15(21)19-12-3-4-22-13(12)14-17-7-18-20-14/h5-7,12-13H,3-4H2,1-2H3,(H,19,21)(H,17,18,20)/t12-,13+/m0/s1. The monoisotopic (exact) mass is 320 g/mol. The Morgan fingerprint density at radius 3 is 2.91 bits per heavy atom. The minimum atomic E-state index is -0.309. The smallest absolute Gasteiger partial charge is 0.253 e. The number of hydrogen-bond donors (Lipinski definition) is 2. The molecule has 1 aromatic heterocycles. The summed E-state index contributed by atoms with van der Waals surface area (Å²) in [6.07, 6.45) is 1.84. The zero-order chi connectivity index (χ0) is 15.7. The van der Waals surface area contributed by atoms with Gasteiger partial charge >= 0.3 is 0 Å². The minimum absolute atomic E-state index is 0.155. The van der Waals surface area contributed by atoms with E-state index in [2.05, 4.69) is 20.5 Å². The molecule has 6 nitrogen and oxygen atoms in total. The number of H-pyrrole nitrogens is 1. The lowest BCUT2D eigenvalue weighted by Gasteiger charge is -2.18. The number of nitrogens with zero attached hydrogens (tertiary/aromatic N) is 2. The first-order valence-corrected chi connectivity index (χ1v) is 7.48. The van der Waals surface area contributed by atoms with Gasteiger partial charge in [-0.25, -0.2) is 4.98 Å². The number of benzene rings is 1. The number of rotatable bonds is 3. The van der Waals surface area contributed by atoms with Gasteiger partial charge in [0.15, 0.2) is 5.82 Å². The molecule has 0 aliphatic carbocycles. The largest absolute Gasteiger partial charge is 0.368 e. The Morgan fingerprint density at radius 1 is 1.41 bits per heavy atom. The number of carbonyl (C=O) groups excluding carboxylic acids is 1. The van der Waals surface area contributed by atoms with Crippen LogP contribution in [0.25, 0.3) is 0 Å². The maximum atomic E-state index is 12.5. The van der Waals surface area contributed by atoms with Gasteiger partial charge in [0, 0.05) is 6.61 Å². The summed E-state index contributed by atoms with van der Waals surface area (Å²) in [5.74, 6) is 0.419. The Labute approximate surface area is 133 Å². The van der Waals surface area contributed by atoms with Crippen LogP contribution in [0, 0.1) is 13.8 Å². The van der Waals surface area contributed by atoms with Gasteiger partial charge < -0.3 is 10.1 Å². The Bertz CT molecular complexity index is 687. The van der Waals surface area contributed by atoms with Gasteiger partial charge in [0.05, 0.1) is 16.6 Å². The molecule has 1 aliphatic rings. The molecule has 0 saturated carbocycles. The summed E-state index contributed by atoms with van der Waals surface area (Å²) in [4.78, 5) is 16.6. The van der Waals surface area contributed by atoms with Gasteiger partial charge in [0.2, 0.25) is 0 Å². The van der Waals surface area contributed by atoms with Crippen molar-refractivity contribution < 1.29 is 9.53 Å². The topological polar surface area (TPSA) is 79.9 Å². The van der Waals surface area contributed by atoms with Crippen LogP contribution >= 0.6 is 11.6 Å². The SMILES string of the molecule is Cc1cc(Cl)c(C(=O)N[C@H]2CCO[C@H]2c2ncn[nH]2)cc1C. The van der Waals surface area contributed by atoms with Crippen molar-refractivity contribution in [1.82, 2.24) is 20.5 Å². The summed E-state index contributed by atoms with van der Waals surface area (Å²) >= 11 is 6.20. The van der Waals surface area contributed by atoms with Gasteiger partial charge in [0.1, 0.15) is 12.4 Å². The van der Waals surface area contributed by atoms with Gasteiger partial charge in [-0.2, -0.15) is 5.10 Å². The Hall–Kier alpha value is -1.92. The predicted octanol–water partition coefficient (Wildman–Crippen LogP) is 2.33. The molecule has 2 N–H and O–H groups in total. The van der Waals surface area contributed by atoms with E-state index in [-0.39, 0.29) is 18.1 Å². The van der Waals surface area contributed by atoms with Gasteiger partial charge in [-0.05, 0) is 43.5 Å². The van der Waals surface area contributed by atoms with Crippen LogP contribution in [0.4, 0.5) is 0 Å². The average Bonchev–Trinajstić information content (AvgIpc) is 3.13. The fraction of sp³-hybridized carbons (Fsp3) is 0.400. The quantitative estimate of drug-likeness (QED) is 0.909. The van der Waals surface area contributed by atoms with E-state index in [0.717, 1.165) is 17.5 Å². The van der Waals surface area contributed by atoms with Crippen LogP contribution in [0.15, 0.2) is 18.5 Å². The van der Waals surface area contributed by atoms with Crippen molar-refractivity contribution in [3.8, 4) is 0 Å². The third kappa shape index (κ3) is 2.84. The molecule has 7 heteroatoms. The number of nitrogens with one attached hydrogen (secondary N) is 2. The number of halogens is 1. The third-order valence-electron chi connectivity index (χ3n) is 3.94. The average molecular weight is 321 g/mol. The predicted molar refractivity (Wildman–Crippen MR) is 81.9 cm³/mol. The highest BCUT2D eigenvalue weighted by atomic mass is 35.5. The molecule has 0 bridgehead atoms. The maximum Gasteiger partial charge on any atom is 0.253 e. The van der Waals surface area contributed by atoms with Crippen LogP contribution < -0.4 is 5.32 Å². The molecular weight excluding hydrogens is 304 g/mol. The molecule has 0 unspecified atom stereocenters. The minimum Gasteiger partial charge on any atom is -0.368 e. The zero-order valence-corrected chi connectivity index (χ0v) is 13.1. The maximum absolute atomic E-state index is 12.5.